The Hall–Kier alpha value is -7.30. The molecule has 0 atom stereocenters. The van der Waals surface area contributed by atoms with Gasteiger partial charge in [0.1, 0.15) is 11.2 Å². The SMILES string of the molecule is CC1(C)c2cc(-c3ccc4c(c3)c3ccccc3n4-c3nc(-c4ccc(-c5ccccc5)cc4)c4ccccc4n3)ccc2-c2cc3c(cc21)oc1ccccc13. The number of para-hydroxylation sites is 3. The van der Waals surface area contributed by atoms with Gasteiger partial charge in [0.25, 0.3) is 0 Å². The van der Waals surface area contributed by atoms with Crippen LogP contribution in [-0.4, -0.2) is 14.5 Å². The van der Waals surface area contributed by atoms with Crippen molar-refractivity contribution in [2.75, 3.05) is 0 Å². The van der Waals surface area contributed by atoms with Gasteiger partial charge in [-0.25, -0.2) is 9.97 Å². The van der Waals surface area contributed by atoms with E-state index in [0.717, 1.165) is 49.7 Å². The first-order valence-corrected chi connectivity index (χ1v) is 19.6. The van der Waals surface area contributed by atoms with E-state index in [0.29, 0.717) is 5.95 Å². The van der Waals surface area contributed by atoms with Crippen molar-refractivity contribution in [3.8, 4) is 50.6 Å². The summed E-state index contributed by atoms with van der Waals surface area (Å²) in [5, 5.41) is 5.70. The molecule has 1 aliphatic rings. The third-order valence-corrected chi connectivity index (χ3v) is 12.2. The first-order chi connectivity index (χ1) is 28.0. The highest BCUT2D eigenvalue weighted by atomic mass is 16.3. The maximum atomic E-state index is 6.33. The van der Waals surface area contributed by atoms with Gasteiger partial charge in [0.15, 0.2) is 0 Å². The molecule has 0 bridgehead atoms. The second kappa shape index (κ2) is 11.8. The molecule has 12 rings (SSSR count). The topological polar surface area (TPSA) is 43.9 Å². The largest absolute Gasteiger partial charge is 0.456 e. The van der Waals surface area contributed by atoms with Crippen LogP contribution in [0.1, 0.15) is 25.0 Å². The summed E-state index contributed by atoms with van der Waals surface area (Å²) in [7, 11) is 0. The molecular weight excluding hydrogens is 695 g/mol. The van der Waals surface area contributed by atoms with Gasteiger partial charge in [0, 0.05) is 37.9 Å². The second-order valence-corrected chi connectivity index (χ2v) is 15.8. The fourth-order valence-corrected chi connectivity index (χ4v) is 9.34. The van der Waals surface area contributed by atoms with Crippen LogP contribution in [0.25, 0.3) is 105 Å². The van der Waals surface area contributed by atoms with Crippen molar-refractivity contribution in [1.82, 2.24) is 14.5 Å². The Morgan fingerprint density at radius 2 is 1.05 bits per heavy atom. The molecule has 57 heavy (non-hydrogen) atoms. The van der Waals surface area contributed by atoms with E-state index >= 15 is 0 Å². The molecule has 3 heterocycles. The maximum absolute atomic E-state index is 6.33. The van der Waals surface area contributed by atoms with Crippen molar-refractivity contribution in [1.29, 1.82) is 0 Å². The molecule has 0 aliphatic heterocycles. The van der Waals surface area contributed by atoms with Crippen molar-refractivity contribution in [3.63, 3.8) is 0 Å². The number of hydrogen-bond donors (Lipinski definition) is 0. The molecule has 0 radical (unpaired) electrons. The lowest BCUT2D eigenvalue weighted by Crippen LogP contribution is -2.15. The van der Waals surface area contributed by atoms with Crippen LogP contribution < -0.4 is 0 Å². The Balaban J connectivity index is 0.987. The molecule has 8 aromatic carbocycles. The minimum Gasteiger partial charge on any atom is -0.456 e. The van der Waals surface area contributed by atoms with E-state index in [-0.39, 0.29) is 5.41 Å². The number of furan rings is 1. The summed E-state index contributed by atoms with van der Waals surface area (Å²) in [6.07, 6.45) is 0. The minimum absolute atomic E-state index is 0.180. The lowest BCUT2D eigenvalue weighted by molar-refractivity contribution is 0.647. The van der Waals surface area contributed by atoms with E-state index in [2.05, 4.69) is 188 Å². The van der Waals surface area contributed by atoms with E-state index in [9.17, 15) is 0 Å². The van der Waals surface area contributed by atoms with Gasteiger partial charge in [-0.2, -0.15) is 0 Å². The predicted octanol–water partition coefficient (Wildman–Crippen LogP) is 13.9. The van der Waals surface area contributed by atoms with Gasteiger partial charge < -0.3 is 4.42 Å². The lowest BCUT2D eigenvalue weighted by atomic mass is 9.81. The average Bonchev–Trinajstić information content (AvgIpc) is 3.87. The standard InChI is InChI=1S/C53H35N3O/c1-53(2)44-29-36(24-26-37(44)41-30-43-39-15-8-11-19-49(39)57-50(43)31-45(41)53)35-25-27-48-42(28-35)38-14-7-10-18-47(38)56(48)52-54-46-17-9-6-16-40(46)51(55-52)34-22-20-33(21-23-34)32-12-4-3-5-13-32/h3-31H,1-2H3. The molecule has 4 nitrogen and oxygen atoms in total. The van der Waals surface area contributed by atoms with Gasteiger partial charge in [0.2, 0.25) is 5.95 Å². The summed E-state index contributed by atoms with van der Waals surface area (Å²) in [6.45, 7) is 4.67. The van der Waals surface area contributed by atoms with Gasteiger partial charge in [-0.05, 0) is 93.0 Å². The Morgan fingerprint density at radius 1 is 0.421 bits per heavy atom. The van der Waals surface area contributed by atoms with Crippen LogP contribution in [0, 0.1) is 0 Å². The monoisotopic (exact) mass is 729 g/mol. The predicted molar refractivity (Wildman–Crippen MR) is 235 cm³/mol. The van der Waals surface area contributed by atoms with Gasteiger partial charge in [-0.15, -0.1) is 0 Å². The van der Waals surface area contributed by atoms with Gasteiger partial charge in [-0.1, -0.05) is 141 Å². The molecule has 3 aromatic heterocycles. The van der Waals surface area contributed by atoms with Gasteiger partial charge in [-0.3, -0.25) is 4.57 Å². The van der Waals surface area contributed by atoms with Crippen LogP contribution >= 0.6 is 0 Å². The fourth-order valence-electron chi connectivity index (χ4n) is 9.34. The molecule has 0 fully saturated rings. The zero-order valence-corrected chi connectivity index (χ0v) is 31.5. The Morgan fingerprint density at radius 3 is 1.91 bits per heavy atom. The lowest BCUT2D eigenvalue weighted by Gasteiger charge is -2.22. The van der Waals surface area contributed by atoms with Crippen LogP contribution in [0.15, 0.2) is 180 Å². The Bertz CT molecular complexity index is 3420. The smallest absolute Gasteiger partial charge is 0.235 e. The summed E-state index contributed by atoms with van der Waals surface area (Å²) < 4.78 is 8.56. The third-order valence-electron chi connectivity index (χ3n) is 12.2. The summed E-state index contributed by atoms with van der Waals surface area (Å²) in [6, 6.07) is 62.9. The molecule has 0 unspecified atom stereocenters. The zero-order chi connectivity index (χ0) is 37.8. The molecule has 0 N–H and O–H groups in total. The molecule has 0 saturated heterocycles. The van der Waals surface area contributed by atoms with Crippen molar-refractivity contribution in [3.05, 3.63) is 187 Å². The fraction of sp³-hybridized carbons (Fsp3) is 0.0566. The van der Waals surface area contributed by atoms with Crippen LogP contribution in [-0.2, 0) is 5.41 Å². The maximum Gasteiger partial charge on any atom is 0.235 e. The number of fused-ring (bicyclic) bond motifs is 10. The molecule has 4 heteroatoms. The van der Waals surface area contributed by atoms with Crippen molar-refractivity contribution < 1.29 is 4.42 Å². The van der Waals surface area contributed by atoms with Crippen LogP contribution in [0.2, 0.25) is 0 Å². The summed E-state index contributed by atoms with van der Waals surface area (Å²) >= 11 is 0. The van der Waals surface area contributed by atoms with Gasteiger partial charge >= 0.3 is 0 Å². The summed E-state index contributed by atoms with van der Waals surface area (Å²) in [5.74, 6) is 0.658. The van der Waals surface area contributed by atoms with Crippen LogP contribution in [0.3, 0.4) is 0 Å². The minimum atomic E-state index is -0.180. The van der Waals surface area contributed by atoms with Crippen LogP contribution in [0.4, 0.5) is 0 Å². The molecular formula is C53H35N3O. The van der Waals surface area contributed by atoms with E-state index in [1.807, 2.05) is 6.07 Å². The Kier molecular flexibility index (Phi) is 6.65. The van der Waals surface area contributed by atoms with E-state index in [4.69, 9.17) is 14.4 Å². The Labute approximate surface area is 329 Å². The molecule has 268 valence electrons. The number of rotatable bonds is 4. The van der Waals surface area contributed by atoms with Crippen LogP contribution in [0.5, 0.6) is 0 Å². The second-order valence-electron chi connectivity index (χ2n) is 15.8. The first kappa shape index (κ1) is 32.0. The number of nitrogens with zero attached hydrogens (tertiary/aromatic N) is 3. The third kappa shape index (κ3) is 4.74. The quantitative estimate of drug-likeness (QED) is 0.181. The highest BCUT2D eigenvalue weighted by molar-refractivity contribution is 6.11. The summed E-state index contributed by atoms with van der Waals surface area (Å²) in [5.41, 5.74) is 16.7. The normalized spacial score (nSPS) is 13.2. The molecule has 0 saturated carbocycles. The zero-order valence-electron chi connectivity index (χ0n) is 31.5. The summed E-state index contributed by atoms with van der Waals surface area (Å²) in [4.78, 5) is 10.6. The number of aromatic nitrogens is 3. The molecule has 0 amide bonds. The number of hydrogen-bond acceptors (Lipinski definition) is 3. The number of benzene rings is 8. The average molecular weight is 730 g/mol. The molecule has 11 aromatic rings. The highest BCUT2D eigenvalue weighted by Gasteiger charge is 2.36. The van der Waals surface area contributed by atoms with Gasteiger partial charge in [0.05, 0.1) is 22.2 Å². The molecule has 0 spiro atoms. The van der Waals surface area contributed by atoms with E-state index < -0.39 is 0 Å². The van der Waals surface area contributed by atoms with Crippen molar-refractivity contribution in [2.45, 2.75) is 19.3 Å². The van der Waals surface area contributed by atoms with E-state index in [1.54, 1.807) is 0 Å². The van der Waals surface area contributed by atoms with Crippen molar-refractivity contribution >= 4 is 54.6 Å². The molecule has 1 aliphatic carbocycles. The van der Waals surface area contributed by atoms with E-state index in [1.165, 1.54) is 60.7 Å². The highest BCUT2D eigenvalue weighted by Crippen LogP contribution is 2.52. The first-order valence-electron chi connectivity index (χ1n) is 19.6. The van der Waals surface area contributed by atoms with Crippen molar-refractivity contribution in [2.24, 2.45) is 0 Å².